The van der Waals surface area contributed by atoms with Gasteiger partial charge in [0, 0.05) is 20.8 Å². The van der Waals surface area contributed by atoms with Crippen LogP contribution in [0.4, 0.5) is 11.4 Å². The van der Waals surface area contributed by atoms with Gasteiger partial charge in [0.25, 0.3) is 0 Å². The van der Waals surface area contributed by atoms with Gasteiger partial charge in [0.1, 0.15) is 0 Å². The molecule has 0 N–H and O–H groups in total. The first kappa shape index (κ1) is 20.8. The number of halogens is 1. The zero-order valence-corrected chi connectivity index (χ0v) is 19.0. The van der Waals surface area contributed by atoms with Crippen molar-refractivity contribution in [2.45, 2.75) is 80.9 Å². The van der Waals surface area contributed by atoms with Crippen LogP contribution in [0.25, 0.3) is 0 Å². The molecule has 3 rings (SSSR count). The third kappa shape index (κ3) is 5.77. The van der Waals surface area contributed by atoms with E-state index >= 15 is 0 Å². The zero-order chi connectivity index (χ0) is 18.9. The summed E-state index contributed by atoms with van der Waals surface area (Å²) < 4.78 is 1.20. The second kappa shape index (κ2) is 11.2. The fraction of sp³-hybridized carbons (Fsp3) is 0.500. The fourth-order valence-corrected chi connectivity index (χ4v) is 5.68. The number of fused-ring (bicyclic) bond motifs is 2. The van der Waals surface area contributed by atoms with Gasteiger partial charge in [-0.1, -0.05) is 94.7 Å². The quantitative estimate of drug-likeness (QED) is 0.317. The van der Waals surface area contributed by atoms with E-state index in [-0.39, 0.29) is 0 Å². The maximum atomic E-state index is 3.79. The number of para-hydroxylation sites is 2. The van der Waals surface area contributed by atoms with Crippen LogP contribution in [0.3, 0.4) is 0 Å². The van der Waals surface area contributed by atoms with E-state index in [2.05, 4.69) is 70.2 Å². The normalized spacial score (nSPS) is 12.7. The summed E-state index contributed by atoms with van der Waals surface area (Å²) in [7, 11) is 0. The Labute approximate surface area is 178 Å². The number of nitrogens with zero attached hydrogens (tertiary/aromatic N) is 1. The molecule has 146 valence electrons. The van der Waals surface area contributed by atoms with Crippen LogP contribution in [-0.2, 0) is 0 Å². The first-order valence-electron chi connectivity index (χ1n) is 10.6. The van der Waals surface area contributed by atoms with Crippen LogP contribution in [0.2, 0.25) is 0 Å². The molecule has 1 heterocycles. The minimum atomic E-state index is 1.10. The molecule has 0 aromatic heterocycles. The summed E-state index contributed by atoms with van der Waals surface area (Å²) in [5.74, 6) is 0. The highest BCUT2D eigenvalue weighted by Crippen LogP contribution is 2.50. The van der Waals surface area contributed by atoms with Crippen LogP contribution in [-0.4, -0.2) is 6.54 Å². The molecule has 0 radical (unpaired) electrons. The van der Waals surface area contributed by atoms with Crippen LogP contribution in [0.15, 0.2) is 56.7 Å². The molecule has 0 unspecified atom stereocenters. The molecule has 0 bridgehead atoms. The Kier molecular flexibility index (Phi) is 8.60. The van der Waals surface area contributed by atoms with Crippen molar-refractivity contribution in [3.8, 4) is 0 Å². The van der Waals surface area contributed by atoms with Crippen molar-refractivity contribution >= 4 is 39.1 Å². The Morgan fingerprint density at radius 3 is 2.11 bits per heavy atom. The third-order valence-corrected chi connectivity index (χ3v) is 7.09. The highest BCUT2D eigenvalue weighted by Gasteiger charge is 2.24. The van der Waals surface area contributed by atoms with E-state index in [4.69, 9.17) is 0 Å². The predicted molar refractivity (Wildman–Crippen MR) is 124 cm³/mol. The molecule has 0 amide bonds. The molecule has 0 atom stereocenters. The Bertz CT molecular complexity index is 715. The Balaban J connectivity index is 1.49. The Morgan fingerprint density at radius 2 is 1.37 bits per heavy atom. The first-order valence-corrected chi connectivity index (χ1v) is 12.2. The van der Waals surface area contributed by atoms with Crippen molar-refractivity contribution in [1.82, 2.24) is 0 Å². The van der Waals surface area contributed by atoms with Gasteiger partial charge in [0.15, 0.2) is 0 Å². The summed E-state index contributed by atoms with van der Waals surface area (Å²) in [5, 5.41) is 0. The van der Waals surface area contributed by atoms with Crippen molar-refractivity contribution in [2.24, 2.45) is 0 Å². The molecular formula is C24H32BrNS. The molecule has 0 aliphatic carbocycles. The van der Waals surface area contributed by atoms with Crippen molar-refractivity contribution in [2.75, 3.05) is 11.4 Å². The van der Waals surface area contributed by atoms with E-state index in [0.29, 0.717) is 0 Å². The summed E-state index contributed by atoms with van der Waals surface area (Å²) in [5.41, 5.74) is 2.70. The van der Waals surface area contributed by atoms with Gasteiger partial charge in [0.05, 0.1) is 11.4 Å². The number of unbranched alkanes of at least 4 members (excludes halogenated alkanes) is 9. The van der Waals surface area contributed by atoms with E-state index in [1.165, 1.54) is 89.8 Å². The SMILES string of the molecule is CCCCCCCCCCCCN1c2ccccc2Sc2cccc(Br)c21. The minimum Gasteiger partial charge on any atom is -0.339 e. The zero-order valence-electron chi connectivity index (χ0n) is 16.6. The van der Waals surface area contributed by atoms with Crippen molar-refractivity contribution < 1.29 is 0 Å². The van der Waals surface area contributed by atoms with E-state index in [0.717, 1.165) is 6.54 Å². The van der Waals surface area contributed by atoms with Crippen LogP contribution < -0.4 is 4.90 Å². The minimum absolute atomic E-state index is 1.10. The van der Waals surface area contributed by atoms with Gasteiger partial charge in [-0.2, -0.15) is 0 Å². The molecule has 2 aromatic rings. The second-order valence-corrected chi connectivity index (χ2v) is 9.43. The van der Waals surface area contributed by atoms with Crippen LogP contribution in [0.5, 0.6) is 0 Å². The second-order valence-electron chi connectivity index (χ2n) is 7.49. The maximum absolute atomic E-state index is 3.79. The molecule has 2 aromatic carbocycles. The highest BCUT2D eigenvalue weighted by atomic mass is 79.9. The summed E-state index contributed by atoms with van der Waals surface area (Å²) in [6, 6.07) is 15.4. The molecule has 1 aliphatic rings. The lowest BCUT2D eigenvalue weighted by Crippen LogP contribution is -2.22. The summed E-state index contributed by atoms with van der Waals surface area (Å²) >= 11 is 5.68. The molecule has 0 spiro atoms. The first-order chi connectivity index (χ1) is 13.3. The number of anilines is 2. The number of hydrogen-bond acceptors (Lipinski definition) is 2. The van der Waals surface area contributed by atoms with Crippen molar-refractivity contribution in [3.63, 3.8) is 0 Å². The maximum Gasteiger partial charge on any atom is 0.0697 e. The molecule has 0 fully saturated rings. The average Bonchev–Trinajstić information content (AvgIpc) is 2.69. The average molecular weight is 446 g/mol. The van der Waals surface area contributed by atoms with E-state index in [9.17, 15) is 0 Å². The summed E-state index contributed by atoms with van der Waals surface area (Å²) in [6.45, 7) is 3.39. The standard InChI is InChI=1S/C24H32BrNS/c1-2-3-4-5-6-7-8-9-10-13-19-26-21-16-11-12-17-22(21)27-23-18-14-15-20(25)24(23)26/h11-12,14-18H,2-10,13,19H2,1H3. The van der Waals surface area contributed by atoms with Gasteiger partial charge in [0.2, 0.25) is 0 Å². The third-order valence-electron chi connectivity index (χ3n) is 5.33. The van der Waals surface area contributed by atoms with Gasteiger partial charge < -0.3 is 4.90 Å². The molecule has 1 aliphatic heterocycles. The Hall–Kier alpha value is -0.930. The molecular weight excluding hydrogens is 414 g/mol. The molecule has 0 saturated heterocycles. The fourth-order valence-electron chi connectivity index (χ4n) is 3.83. The summed E-state index contributed by atoms with van der Waals surface area (Å²) in [4.78, 5) is 5.25. The monoisotopic (exact) mass is 445 g/mol. The van der Waals surface area contributed by atoms with Crippen LogP contribution in [0.1, 0.15) is 71.1 Å². The van der Waals surface area contributed by atoms with E-state index in [1.54, 1.807) is 0 Å². The lowest BCUT2D eigenvalue weighted by molar-refractivity contribution is 0.557. The van der Waals surface area contributed by atoms with Gasteiger partial charge in [-0.05, 0) is 46.6 Å². The lowest BCUT2D eigenvalue weighted by atomic mass is 10.1. The van der Waals surface area contributed by atoms with Gasteiger partial charge >= 0.3 is 0 Å². The Morgan fingerprint density at radius 1 is 0.741 bits per heavy atom. The summed E-state index contributed by atoms with van der Waals surface area (Å²) in [6.07, 6.45) is 13.8. The molecule has 0 saturated carbocycles. The van der Waals surface area contributed by atoms with E-state index < -0.39 is 0 Å². The number of rotatable bonds is 11. The lowest BCUT2D eigenvalue weighted by Gasteiger charge is -2.33. The largest absolute Gasteiger partial charge is 0.339 e. The van der Waals surface area contributed by atoms with E-state index in [1.807, 2.05) is 11.8 Å². The highest BCUT2D eigenvalue weighted by molar-refractivity contribution is 9.10. The molecule has 1 nitrogen and oxygen atoms in total. The van der Waals surface area contributed by atoms with Gasteiger partial charge in [-0.15, -0.1) is 0 Å². The van der Waals surface area contributed by atoms with Crippen LogP contribution >= 0.6 is 27.7 Å². The molecule has 27 heavy (non-hydrogen) atoms. The predicted octanol–water partition coefficient (Wildman–Crippen LogP) is 8.97. The number of benzene rings is 2. The smallest absolute Gasteiger partial charge is 0.0697 e. The molecule has 3 heteroatoms. The van der Waals surface area contributed by atoms with Crippen molar-refractivity contribution in [3.05, 3.63) is 46.9 Å². The topological polar surface area (TPSA) is 3.24 Å². The van der Waals surface area contributed by atoms with Crippen LogP contribution in [0, 0.1) is 0 Å². The van der Waals surface area contributed by atoms with Crippen molar-refractivity contribution in [1.29, 1.82) is 0 Å². The van der Waals surface area contributed by atoms with Gasteiger partial charge in [-0.25, -0.2) is 0 Å². The number of hydrogen-bond donors (Lipinski definition) is 0. The van der Waals surface area contributed by atoms with Gasteiger partial charge in [-0.3, -0.25) is 0 Å².